The van der Waals surface area contributed by atoms with Crippen LogP contribution in [-0.2, 0) is 24.7 Å². The summed E-state index contributed by atoms with van der Waals surface area (Å²) < 4.78 is 5.76. The van der Waals surface area contributed by atoms with Crippen LogP contribution in [0, 0.1) is 0 Å². The predicted molar refractivity (Wildman–Crippen MR) is 189 cm³/mol. The molecule has 1 heterocycles. The van der Waals surface area contributed by atoms with Gasteiger partial charge < -0.3 is 15.4 Å². The van der Waals surface area contributed by atoms with Gasteiger partial charge >= 0.3 is 0 Å². The Morgan fingerprint density at radius 1 is 0.756 bits per heavy atom. The molecule has 2 amide bonds. The Hall–Kier alpha value is -3.84. The Morgan fingerprint density at radius 3 is 1.82 bits per heavy atom. The maximum atomic E-state index is 12.5. The molecule has 1 atom stereocenters. The highest BCUT2D eigenvalue weighted by molar-refractivity contribution is 7.99. The van der Waals surface area contributed by atoms with E-state index >= 15 is 0 Å². The van der Waals surface area contributed by atoms with E-state index in [4.69, 9.17) is 4.74 Å². The number of ether oxygens (including phenoxy) is 1. The molecule has 242 valence electrons. The van der Waals surface area contributed by atoms with Gasteiger partial charge in [-0.2, -0.15) is 11.8 Å². The quantitative estimate of drug-likeness (QED) is 0.101. The molecule has 0 bridgehead atoms. The van der Waals surface area contributed by atoms with Crippen LogP contribution in [0.4, 0.5) is 0 Å². The van der Waals surface area contributed by atoms with E-state index in [-0.39, 0.29) is 17.4 Å². The normalized spacial score (nSPS) is 17.0. The molecule has 0 fully saturated rings. The van der Waals surface area contributed by atoms with Gasteiger partial charge in [-0.1, -0.05) is 110 Å². The Labute approximate surface area is 274 Å². The summed E-state index contributed by atoms with van der Waals surface area (Å²) >= 11 is 1.64. The molecule has 0 spiro atoms. The summed E-state index contributed by atoms with van der Waals surface area (Å²) in [6, 6.07) is 9.16. The van der Waals surface area contributed by atoms with E-state index in [1.807, 2.05) is 30.3 Å². The largest absolute Gasteiger partial charge is 0.469 e. The SMILES string of the molecule is CC/C=C\C/C=C\C/C=C\C/C=C\C/C=C\C/C=C\CCC(=O)NCCSCCNC(=O)C1=CC(=O)C(C)(c2ccccc2)O1. The van der Waals surface area contributed by atoms with E-state index in [0.717, 1.165) is 50.7 Å². The Morgan fingerprint density at radius 2 is 1.27 bits per heavy atom. The summed E-state index contributed by atoms with van der Waals surface area (Å²) in [4.78, 5) is 37.0. The number of carbonyl (C=O) groups excluding carboxylic acids is 3. The molecule has 0 saturated heterocycles. The molecule has 1 aromatic carbocycles. The Bertz CT molecular complexity index is 1240. The summed E-state index contributed by atoms with van der Waals surface area (Å²) in [7, 11) is 0. The zero-order valence-electron chi connectivity index (χ0n) is 26.9. The molecule has 0 aromatic heterocycles. The van der Waals surface area contributed by atoms with Crippen LogP contribution in [0.25, 0.3) is 0 Å². The molecule has 6 nitrogen and oxygen atoms in total. The molecule has 0 radical (unpaired) electrons. The summed E-state index contributed by atoms with van der Waals surface area (Å²) in [5, 5.41) is 5.73. The van der Waals surface area contributed by atoms with E-state index in [0.29, 0.717) is 30.8 Å². The molecule has 0 saturated carbocycles. The van der Waals surface area contributed by atoms with Crippen molar-refractivity contribution in [2.75, 3.05) is 24.6 Å². The first kappa shape index (κ1) is 37.3. The van der Waals surface area contributed by atoms with Crippen molar-refractivity contribution in [1.82, 2.24) is 10.6 Å². The zero-order valence-corrected chi connectivity index (χ0v) is 27.7. The van der Waals surface area contributed by atoms with Gasteiger partial charge in [0.2, 0.25) is 11.7 Å². The van der Waals surface area contributed by atoms with E-state index in [9.17, 15) is 14.4 Å². The number of nitrogens with one attached hydrogen (secondary N) is 2. The number of hydrogen-bond acceptors (Lipinski definition) is 5. The number of allylic oxidation sites excluding steroid dienone is 12. The minimum absolute atomic E-state index is 0.0375. The van der Waals surface area contributed by atoms with Gasteiger partial charge in [-0.15, -0.1) is 0 Å². The second-order valence-electron chi connectivity index (χ2n) is 10.5. The topological polar surface area (TPSA) is 84.5 Å². The first-order valence-corrected chi connectivity index (χ1v) is 17.2. The third kappa shape index (κ3) is 16.2. The van der Waals surface area contributed by atoms with Crippen molar-refractivity contribution in [3.05, 3.63) is 121 Å². The highest BCUT2D eigenvalue weighted by atomic mass is 32.2. The summed E-state index contributed by atoms with van der Waals surface area (Å²) in [5.41, 5.74) is -0.462. The van der Waals surface area contributed by atoms with E-state index < -0.39 is 11.5 Å². The monoisotopic (exact) mass is 630 g/mol. The molecule has 1 aromatic rings. The number of benzene rings is 1. The fourth-order valence-corrected chi connectivity index (χ4v) is 4.95. The third-order valence-electron chi connectivity index (χ3n) is 6.83. The van der Waals surface area contributed by atoms with Gasteiger partial charge in [-0.05, 0) is 51.9 Å². The average Bonchev–Trinajstić information content (AvgIpc) is 3.36. The standard InChI is InChI=1S/C38H50N2O4S/c1-3-4-5-6-7-8-9-10-11-12-13-14-15-16-17-18-19-20-24-27-36(42)39-28-30-45-31-29-40-37(43)34-32-35(41)38(2,44-34)33-25-22-21-23-26-33/h4-5,7-8,10-11,13-14,16-17,19-23,25-26,32H,3,6,9,12,15,18,24,27-31H2,1-2H3,(H,39,42)(H,40,43)/b5-4-,8-7-,11-10-,14-13-,17-16-,20-19-. The van der Waals surface area contributed by atoms with Crippen molar-refractivity contribution in [1.29, 1.82) is 0 Å². The predicted octanol–water partition coefficient (Wildman–Crippen LogP) is 7.83. The van der Waals surface area contributed by atoms with Crippen LogP contribution >= 0.6 is 11.8 Å². The lowest BCUT2D eigenvalue weighted by Gasteiger charge is -2.23. The van der Waals surface area contributed by atoms with E-state index in [1.54, 1.807) is 18.7 Å². The first-order chi connectivity index (χ1) is 22.0. The molecule has 7 heteroatoms. The summed E-state index contributed by atoms with van der Waals surface area (Å²) in [6.45, 7) is 4.85. The molecule has 1 unspecified atom stereocenters. The zero-order chi connectivity index (χ0) is 32.4. The van der Waals surface area contributed by atoms with Crippen LogP contribution in [0.5, 0.6) is 0 Å². The third-order valence-corrected chi connectivity index (χ3v) is 7.82. The second kappa shape index (κ2) is 23.5. The number of rotatable bonds is 22. The first-order valence-electron chi connectivity index (χ1n) is 16.0. The van der Waals surface area contributed by atoms with Gasteiger partial charge in [0.15, 0.2) is 11.4 Å². The summed E-state index contributed by atoms with van der Waals surface area (Å²) in [6.07, 6.45) is 34.4. The molecule has 1 aliphatic heterocycles. The lowest BCUT2D eigenvalue weighted by atomic mass is 9.92. The van der Waals surface area contributed by atoms with Crippen molar-refractivity contribution >= 4 is 29.4 Å². The number of hydrogen-bond donors (Lipinski definition) is 2. The number of thioether (sulfide) groups is 1. The molecule has 1 aliphatic rings. The fraction of sp³-hybridized carbons (Fsp3) is 0.395. The van der Waals surface area contributed by atoms with Crippen molar-refractivity contribution in [3.8, 4) is 0 Å². The number of carbonyl (C=O) groups is 3. The maximum absolute atomic E-state index is 12.5. The van der Waals surface area contributed by atoms with Crippen LogP contribution in [-0.4, -0.2) is 42.2 Å². The molecule has 2 rings (SSSR count). The lowest BCUT2D eigenvalue weighted by Crippen LogP contribution is -2.32. The van der Waals surface area contributed by atoms with Crippen LogP contribution in [0.15, 0.2) is 115 Å². The van der Waals surface area contributed by atoms with Gasteiger partial charge in [-0.25, -0.2) is 0 Å². The van der Waals surface area contributed by atoms with Crippen LogP contribution in [0.3, 0.4) is 0 Å². The number of ketones is 1. The summed E-state index contributed by atoms with van der Waals surface area (Å²) in [5.74, 6) is 0.884. The second-order valence-corrected chi connectivity index (χ2v) is 11.8. The van der Waals surface area contributed by atoms with E-state index in [1.165, 1.54) is 6.08 Å². The van der Waals surface area contributed by atoms with Crippen molar-refractivity contribution in [2.45, 2.75) is 70.8 Å². The Balaban J connectivity index is 1.42. The van der Waals surface area contributed by atoms with Gasteiger partial charge in [0.05, 0.1) is 0 Å². The van der Waals surface area contributed by atoms with Gasteiger partial charge in [0.25, 0.3) is 5.91 Å². The van der Waals surface area contributed by atoms with E-state index in [2.05, 4.69) is 90.5 Å². The maximum Gasteiger partial charge on any atom is 0.286 e. The van der Waals surface area contributed by atoms with Crippen molar-refractivity contribution in [3.63, 3.8) is 0 Å². The Kier molecular flexibility index (Phi) is 19.5. The molecule has 45 heavy (non-hydrogen) atoms. The van der Waals surface area contributed by atoms with Crippen molar-refractivity contribution in [2.24, 2.45) is 0 Å². The minimum Gasteiger partial charge on any atom is -0.469 e. The highest BCUT2D eigenvalue weighted by Crippen LogP contribution is 2.34. The fourth-order valence-electron chi connectivity index (χ4n) is 4.26. The molecular weight excluding hydrogens is 580 g/mol. The smallest absolute Gasteiger partial charge is 0.286 e. The minimum atomic E-state index is -1.17. The van der Waals surface area contributed by atoms with Crippen LogP contribution in [0.1, 0.15) is 70.8 Å². The van der Waals surface area contributed by atoms with Crippen LogP contribution in [0.2, 0.25) is 0 Å². The lowest BCUT2D eigenvalue weighted by molar-refractivity contribution is -0.132. The molecule has 0 aliphatic carbocycles. The highest BCUT2D eigenvalue weighted by Gasteiger charge is 2.43. The number of amides is 2. The molecule has 2 N–H and O–H groups in total. The van der Waals surface area contributed by atoms with Gasteiger partial charge in [0, 0.05) is 42.7 Å². The van der Waals surface area contributed by atoms with Crippen LogP contribution < -0.4 is 10.6 Å². The average molecular weight is 631 g/mol. The van der Waals surface area contributed by atoms with Crippen molar-refractivity contribution < 1.29 is 19.1 Å². The van der Waals surface area contributed by atoms with Gasteiger partial charge in [-0.3, -0.25) is 14.4 Å². The van der Waals surface area contributed by atoms with Gasteiger partial charge in [0.1, 0.15) is 0 Å². The molecular formula is C38H50N2O4S.